The van der Waals surface area contributed by atoms with Gasteiger partial charge in [0.05, 0.1) is 0 Å². The predicted molar refractivity (Wildman–Crippen MR) is 83.2 cm³/mol. The van der Waals surface area contributed by atoms with Crippen molar-refractivity contribution in [2.45, 2.75) is 12.8 Å². The number of rotatable bonds is 7. The third kappa shape index (κ3) is 5.36. The zero-order chi connectivity index (χ0) is 14.9. The van der Waals surface area contributed by atoms with Crippen molar-refractivity contribution in [1.29, 1.82) is 0 Å². The van der Waals surface area contributed by atoms with Gasteiger partial charge in [-0.05, 0) is 25.1 Å². The molecule has 5 heteroatoms. The average Bonchev–Trinajstić information content (AvgIpc) is 2.54. The largest absolute Gasteiger partial charge is 0.492 e. The first-order valence-corrected chi connectivity index (χ1v) is 7.67. The number of ether oxygens (including phenoxy) is 1. The summed E-state index contributed by atoms with van der Waals surface area (Å²) in [4.78, 5) is 16.2. The van der Waals surface area contributed by atoms with Crippen LogP contribution < -0.4 is 10.5 Å². The van der Waals surface area contributed by atoms with Crippen LogP contribution in [-0.4, -0.2) is 61.6 Å². The van der Waals surface area contributed by atoms with Crippen molar-refractivity contribution in [3.05, 3.63) is 30.3 Å². The zero-order valence-corrected chi connectivity index (χ0v) is 12.5. The molecule has 1 aliphatic heterocycles. The summed E-state index contributed by atoms with van der Waals surface area (Å²) < 4.78 is 5.70. The molecule has 1 aliphatic rings. The third-order valence-corrected chi connectivity index (χ3v) is 3.74. The highest BCUT2D eigenvalue weighted by Crippen LogP contribution is 2.09. The van der Waals surface area contributed by atoms with Gasteiger partial charge in [-0.25, -0.2) is 0 Å². The molecule has 0 atom stereocenters. The summed E-state index contributed by atoms with van der Waals surface area (Å²) in [6.07, 6.45) is 1.36. The van der Waals surface area contributed by atoms with Crippen LogP contribution in [0.15, 0.2) is 30.3 Å². The number of carbonyl (C=O) groups is 1. The van der Waals surface area contributed by atoms with Gasteiger partial charge in [0.2, 0.25) is 5.91 Å². The van der Waals surface area contributed by atoms with E-state index in [-0.39, 0.29) is 5.91 Å². The van der Waals surface area contributed by atoms with Crippen LogP contribution in [0.5, 0.6) is 5.75 Å². The molecule has 1 amide bonds. The second-order valence-electron chi connectivity index (χ2n) is 5.28. The van der Waals surface area contributed by atoms with E-state index in [0.717, 1.165) is 44.9 Å². The molecule has 21 heavy (non-hydrogen) atoms. The Morgan fingerprint density at radius 1 is 1.14 bits per heavy atom. The molecule has 0 unspecified atom stereocenters. The number of para-hydroxylation sites is 1. The van der Waals surface area contributed by atoms with Crippen molar-refractivity contribution in [1.82, 2.24) is 9.80 Å². The van der Waals surface area contributed by atoms with Gasteiger partial charge in [0.1, 0.15) is 12.4 Å². The topological polar surface area (TPSA) is 58.8 Å². The van der Waals surface area contributed by atoms with Crippen molar-refractivity contribution in [2.75, 3.05) is 45.9 Å². The van der Waals surface area contributed by atoms with E-state index >= 15 is 0 Å². The minimum atomic E-state index is 0.237. The first kappa shape index (κ1) is 15.8. The van der Waals surface area contributed by atoms with E-state index in [1.165, 1.54) is 0 Å². The number of hydrogen-bond acceptors (Lipinski definition) is 4. The lowest BCUT2D eigenvalue weighted by Crippen LogP contribution is -2.49. The number of piperazine rings is 1. The molecule has 2 N–H and O–H groups in total. The molecule has 1 aromatic carbocycles. The average molecular weight is 291 g/mol. The van der Waals surface area contributed by atoms with E-state index in [2.05, 4.69) is 4.90 Å². The standard InChI is InChI=1S/C16H25N3O2/c17-8-4-7-16(20)19-11-9-18(10-12-19)13-14-21-15-5-2-1-3-6-15/h1-3,5-6H,4,7-14,17H2. The number of nitrogens with zero attached hydrogens (tertiary/aromatic N) is 2. The first-order chi connectivity index (χ1) is 10.3. The lowest BCUT2D eigenvalue weighted by molar-refractivity contribution is -0.133. The summed E-state index contributed by atoms with van der Waals surface area (Å²) >= 11 is 0. The molecule has 116 valence electrons. The first-order valence-electron chi connectivity index (χ1n) is 7.67. The number of nitrogens with two attached hydrogens (primary N) is 1. The zero-order valence-electron chi connectivity index (χ0n) is 12.5. The molecule has 0 radical (unpaired) electrons. The number of amides is 1. The van der Waals surface area contributed by atoms with Crippen molar-refractivity contribution in [2.24, 2.45) is 5.73 Å². The fraction of sp³-hybridized carbons (Fsp3) is 0.562. The summed E-state index contributed by atoms with van der Waals surface area (Å²) in [5.41, 5.74) is 5.44. The van der Waals surface area contributed by atoms with E-state index in [4.69, 9.17) is 10.5 Å². The maximum atomic E-state index is 11.9. The minimum absolute atomic E-state index is 0.237. The van der Waals surface area contributed by atoms with Crippen molar-refractivity contribution in [3.63, 3.8) is 0 Å². The van der Waals surface area contributed by atoms with Crippen LogP contribution in [0.4, 0.5) is 0 Å². The van der Waals surface area contributed by atoms with Gasteiger partial charge in [-0.15, -0.1) is 0 Å². The van der Waals surface area contributed by atoms with Gasteiger partial charge in [0, 0.05) is 39.1 Å². The molecule has 1 fully saturated rings. The Labute approximate surface area is 126 Å². The molecule has 0 bridgehead atoms. The van der Waals surface area contributed by atoms with Crippen LogP contribution in [0.2, 0.25) is 0 Å². The summed E-state index contributed by atoms with van der Waals surface area (Å²) in [5, 5.41) is 0. The van der Waals surface area contributed by atoms with Gasteiger partial charge in [-0.3, -0.25) is 9.69 Å². The predicted octanol–water partition coefficient (Wildman–Crippen LogP) is 0.949. The van der Waals surface area contributed by atoms with E-state index < -0.39 is 0 Å². The normalized spacial score (nSPS) is 16.0. The fourth-order valence-corrected chi connectivity index (χ4v) is 2.44. The van der Waals surface area contributed by atoms with Crippen LogP contribution in [0, 0.1) is 0 Å². The molecule has 0 aromatic heterocycles. The van der Waals surface area contributed by atoms with Crippen LogP contribution in [0.3, 0.4) is 0 Å². The van der Waals surface area contributed by atoms with Gasteiger partial charge >= 0.3 is 0 Å². The Hall–Kier alpha value is -1.59. The van der Waals surface area contributed by atoms with Gasteiger partial charge in [-0.2, -0.15) is 0 Å². The number of carbonyl (C=O) groups excluding carboxylic acids is 1. The smallest absolute Gasteiger partial charge is 0.222 e. The Morgan fingerprint density at radius 2 is 1.86 bits per heavy atom. The fourth-order valence-electron chi connectivity index (χ4n) is 2.44. The number of benzene rings is 1. The summed E-state index contributed by atoms with van der Waals surface area (Å²) in [5.74, 6) is 1.15. The highest BCUT2D eigenvalue weighted by atomic mass is 16.5. The van der Waals surface area contributed by atoms with Crippen LogP contribution in [0.1, 0.15) is 12.8 Å². The maximum Gasteiger partial charge on any atom is 0.222 e. The second-order valence-corrected chi connectivity index (χ2v) is 5.28. The highest BCUT2D eigenvalue weighted by Gasteiger charge is 2.20. The molecular formula is C16H25N3O2. The van der Waals surface area contributed by atoms with Crippen LogP contribution >= 0.6 is 0 Å². The molecule has 0 spiro atoms. The quantitative estimate of drug-likeness (QED) is 0.812. The van der Waals surface area contributed by atoms with E-state index in [0.29, 0.717) is 19.6 Å². The van der Waals surface area contributed by atoms with Crippen molar-refractivity contribution in [3.8, 4) is 5.75 Å². The van der Waals surface area contributed by atoms with Gasteiger partial charge in [0.25, 0.3) is 0 Å². The van der Waals surface area contributed by atoms with Crippen molar-refractivity contribution < 1.29 is 9.53 Å². The summed E-state index contributed by atoms with van der Waals surface area (Å²) in [6, 6.07) is 9.86. The lowest BCUT2D eigenvalue weighted by atomic mass is 10.2. The van der Waals surface area contributed by atoms with E-state index in [1.54, 1.807) is 0 Å². The van der Waals surface area contributed by atoms with Gasteiger partial charge < -0.3 is 15.4 Å². The molecule has 1 heterocycles. The van der Waals surface area contributed by atoms with Crippen LogP contribution in [-0.2, 0) is 4.79 Å². The number of hydrogen-bond donors (Lipinski definition) is 1. The summed E-state index contributed by atoms with van der Waals surface area (Å²) in [7, 11) is 0. The molecular weight excluding hydrogens is 266 g/mol. The van der Waals surface area contributed by atoms with E-state index in [1.807, 2.05) is 35.2 Å². The molecule has 0 aliphatic carbocycles. The van der Waals surface area contributed by atoms with E-state index in [9.17, 15) is 4.79 Å². The lowest BCUT2D eigenvalue weighted by Gasteiger charge is -2.34. The molecule has 1 aromatic rings. The molecule has 5 nitrogen and oxygen atoms in total. The van der Waals surface area contributed by atoms with Crippen LogP contribution in [0.25, 0.3) is 0 Å². The van der Waals surface area contributed by atoms with Gasteiger partial charge in [0.15, 0.2) is 0 Å². The molecule has 0 saturated carbocycles. The minimum Gasteiger partial charge on any atom is -0.492 e. The van der Waals surface area contributed by atoms with Crippen molar-refractivity contribution >= 4 is 5.91 Å². The summed E-state index contributed by atoms with van der Waals surface area (Å²) in [6.45, 7) is 5.65. The third-order valence-electron chi connectivity index (χ3n) is 3.74. The molecule has 2 rings (SSSR count). The SMILES string of the molecule is NCCCC(=O)N1CCN(CCOc2ccccc2)CC1. The highest BCUT2D eigenvalue weighted by molar-refractivity contribution is 5.76. The monoisotopic (exact) mass is 291 g/mol. The maximum absolute atomic E-state index is 11.9. The van der Waals surface area contributed by atoms with Gasteiger partial charge in [-0.1, -0.05) is 18.2 Å². The second kappa shape index (κ2) is 8.64. The Kier molecular flexibility index (Phi) is 6.50. The Balaban J connectivity index is 1.62. The Morgan fingerprint density at radius 3 is 2.52 bits per heavy atom. The Bertz CT molecular complexity index is 417. The molecule has 1 saturated heterocycles.